The van der Waals surface area contributed by atoms with E-state index in [1.165, 1.54) is 10.8 Å². The molecule has 1 aromatic heterocycles. The number of aliphatic hydroxyl groups excluding tert-OH is 1. The van der Waals surface area contributed by atoms with Crippen molar-refractivity contribution in [3.05, 3.63) is 32.6 Å². The Bertz CT molecular complexity index is 509. The number of nitriles is 1. The van der Waals surface area contributed by atoms with Crippen molar-refractivity contribution in [2.75, 3.05) is 0 Å². The van der Waals surface area contributed by atoms with E-state index in [2.05, 4.69) is 0 Å². The molecule has 1 unspecified atom stereocenters. The van der Waals surface area contributed by atoms with Gasteiger partial charge in [0.25, 0.3) is 5.56 Å². The van der Waals surface area contributed by atoms with Gasteiger partial charge in [-0.3, -0.25) is 14.3 Å². The van der Waals surface area contributed by atoms with Gasteiger partial charge >= 0.3 is 5.69 Å². The SMILES string of the molecule is CCC(O)CCn1cc(C#N)c(=O)[nH]c1=O. The van der Waals surface area contributed by atoms with E-state index in [1.807, 2.05) is 11.9 Å². The van der Waals surface area contributed by atoms with Crippen LogP contribution in [0, 0.1) is 11.3 Å². The van der Waals surface area contributed by atoms with Gasteiger partial charge in [0.05, 0.1) is 6.10 Å². The van der Waals surface area contributed by atoms with Crippen LogP contribution in [0.4, 0.5) is 0 Å². The van der Waals surface area contributed by atoms with Gasteiger partial charge in [0.1, 0.15) is 11.6 Å². The van der Waals surface area contributed by atoms with E-state index in [1.54, 1.807) is 6.07 Å². The molecule has 0 spiro atoms. The Morgan fingerprint density at radius 3 is 2.88 bits per heavy atom. The summed E-state index contributed by atoms with van der Waals surface area (Å²) in [5, 5.41) is 18.0. The average Bonchev–Trinajstić information content (AvgIpc) is 2.27. The first-order valence-corrected chi connectivity index (χ1v) is 5.00. The summed E-state index contributed by atoms with van der Waals surface area (Å²) in [6, 6.07) is 1.70. The van der Waals surface area contributed by atoms with E-state index in [9.17, 15) is 14.7 Å². The highest BCUT2D eigenvalue weighted by Crippen LogP contribution is 1.98. The molecule has 1 rings (SSSR count). The zero-order valence-electron chi connectivity index (χ0n) is 8.93. The van der Waals surface area contributed by atoms with E-state index in [4.69, 9.17) is 5.26 Å². The zero-order chi connectivity index (χ0) is 12.1. The quantitative estimate of drug-likeness (QED) is 0.723. The first-order chi connectivity index (χ1) is 7.58. The van der Waals surface area contributed by atoms with Crippen molar-refractivity contribution in [2.45, 2.75) is 32.4 Å². The molecule has 0 aromatic carbocycles. The van der Waals surface area contributed by atoms with Gasteiger partial charge in [0, 0.05) is 12.7 Å². The molecular weight excluding hydrogens is 210 g/mol. The van der Waals surface area contributed by atoms with Crippen LogP contribution in [-0.4, -0.2) is 20.8 Å². The minimum Gasteiger partial charge on any atom is -0.393 e. The average molecular weight is 223 g/mol. The van der Waals surface area contributed by atoms with E-state index >= 15 is 0 Å². The molecule has 1 aromatic rings. The van der Waals surface area contributed by atoms with Gasteiger partial charge in [-0.1, -0.05) is 6.92 Å². The molecule has 0 radical (unpaired) electrons. The lowest BCUT2D eigenvalue weighted by Gasteiger charge is -2.08. The highest BCUT2D eigenvalue weighted by atomic mass is 16.3. The normalized spacial score (nSPS) is 12.1. The lowest BCUT2D eigenvalue weighted by molar-refractivity contribution is 0.153. The molecule has 0 saturated heterocycles. The van der Waals surface area contributed by atoms with Crippen LogP contribution in [0.2, 0.25) is 0 Å². The van der Waals surface area contributed by atoms with Crippen LogP contribution >= 0.6 is 0 Å². The van der Waals surface area contributed by atoms with Crippen molar-refractivity contribution in [3.63, 3.8) is 0 Å². The molecule has 0 fully saturated rings. The van der Waals surface area contributed by atoms with Crippen LogP contribution in [0.5, 0.6) is 0 Å². The third-order valence-corrected chi connectivity index (χ3v) is 2.31. The predicted octanol–water partition coefficient (Wildman–Crippen LogP) is -0.431. The van der Waals surface area contributed by atoms with Gasteiger partial charge in [0.15, 0.2) is 0 Å². The number of aromatic amines is 1. The van der Waals surface area contributed by atoms with Crippen molar-refractivity contribution in [3.8, 4) is 6.07 Å². The van der Waals surface area contributed by atoms with Gasteiger partial charge < -0.3 is 5.11 Å². The molecule has 6 heteroatoms. The molecule has 6 nitrogen and oxygen atoms in total. The van der Waals surface area contributed by atoms with Crippen LogP contribution in [0.3, 0.4) is 0 Å². The van der Waals surface area contributed by atoms with E-state index < -0.39 is 17.4 Å². The van der Waals surface area contributed by atoms with E-state index in [0.29, 0.717) is 12.8 Å². The minimum absolute atomic E-state index is 0.106. The summed E-state index contributed by atoms with van der Waals surface area (Å²) in [6.45, 7) is 2.11. The molecule has 0 aliphatic rings. The first-order valence-electron chi connectivity index (χ1n) is 5.00. The fourth-order valence-corrected chi connectivity index (χ4v) is 1.25. The molecule has 0 saturated carbocycles. The van der Waals surface area contributed by atoms with Crippen LogP contribution in [-0.2, 0) is 6.54 Å². The first kappa shape index (κ1) is 12.2. The summed E-state index contributed by atoms with van der Waals surface area (Å²) in [4.78, 5) is 24.4. The molecule has 1 heterocycles. The lowest BCUT2D eigenvalue weighted by atomic mass is 10.2. The Hall–Kier alpha value is -1.87. The second-order valence-corrected chi connectivity index (χ2v) is 3.46. The van der Waals surface area contributed by atoms with Crippen LogP contribution in [0.25, 0.3) is 0 Å². The van der Waals surface area contributed by atoms with Crippen molar-refractivity contribution < 1.29 is 5.11 Å². The number of aliphatic hydroxyl groups is 1. The number of nitrogens with zero attached hydrogens (tertiary/aromatic N) is 2. The summed E-state index contributed by atoms with van der Waals surface area (Å²) < 4.78 is 1.22. The topological polar surface area (TPSA) is 98.9 Å². The number of hydrogen-bond donors (Lipinski definition) is 2. The minimum atomic E-state index is -0.681. The van der Waals surface area contributed by atoms with Gasteiger partial charge in [-0.25, -0.2) is 4.79 Å². The Kier molecular flexibility index (Phi) is 4.03. The number of nitrogens with one attached hydrogen (secondary N) is 1. The van der Waals surface area contributed by atoms with Gasteiger partial charge in [-0.05, 0) is 12.8 Å². The summed E-state index contributed by atoms with van der Waals surface area (Å²) in [7, 11) is 0. The molecule has 2 N–H and O–H groups in total. The molecule has 1 atom stereocenters. The van der Waals surface area contributed by atoms with Crippen LogP contribution < -0.4 is 11.2 Å². The summed E-state index contributed by atoms with van der Waals surface area (Å²) >= 11 is 0. The van der Waals surface area contributed by atoms with Crippen molar-refractivity contribution in [1.29, 1.82) is 5.26 Å². The van der Waals surface area contributed by atoms with Gasteiger partial charge in [0.2, 0.25) is 0 Å². The number of aryl methyl sites for hydroxylation is 1. The summed E-state index contributed by atoms with van der Waals surface area (Å²) in [6.07, 6.45) is 1.74. The standard InChI is InChI=1S/C10H13N3O3/c1-2-8(14)3-4-13-6-7(5-11)9(15)12-10(13)16/h6,8,14H,2-4H2,1H3,(H,12,15,16). The number of hydrogen-bond acceptors (Lipinski definition) is 4. The van der Waals surface area contributed by atoms with Gasteiger partial charge in [-0.15, -0.1) is 0 Å². The number of H-pyrrole nitrogens is 1. The molecule has 0 aliphatic carbocycles. The largest absolute Gasteiger partial charge is 0.393 e. The Balaban J connectivity index is 2.94. The van der Waals surface area contributed by atoms with E-state index in [-0.39, 0.29) is 12.1 Å². The maximum atomic E-state index is 11.3. The maximum absolute atomic E-state index is 11.3. The molecule has 86 valence electrons. The van der Waals surface area contributed by atoms with Gasteiger partial charge in [-0.2, -0.15) is 5.26 Å². The molecule has 0 amide bonds. The van der Waals surface area contributed by atoms with Crippen molar-refractivity contribution in [2.24, 2.45) is 0 Å². The fraction of sp³-hybridized carbons (Fsp3) is 0.500. The second-order valence-electron chi connectivity index (χ2n) is 3.46. The lowest BCUT2D eigenvalue weighted by Crippen LogP contribution is -2.31. The van der Waals surface area contributed by atoms with Crippen LogP contribution in [0.15, 0.2) is 15.8 Å². The number of aromatic nitrogens is 2. The monoisotopic (exact) mass is 223 g/mol. The molecular formula is C10H13N3O3. The maximum Gasteiger partial charge on any atom is 0.328 e. The number of rotatable bonds is 4. The third-order valence-electron chi connectivity index (χ3n) is 2.31. The third kappa shape index (κ3) is 2.81. The highest BCUT2D eigenvalue weighted by Gasteiger charge is 2.06. The Morgan fingerprint density at radius 2 is 2.31 bits per heavy atom. The smallest absolute Gasteiger partial charge is 0.328 e. The zero-order valence-corrected chi connectivity index (χ0v) is 8.93. The summed E-state index contributed by atoms with van der Waals surface area (Å²) in [5.41, 5.74) is -1.35. The molecule has 0 aliphatic heterocycles. The van der Waals surface area contributed by atoms with Crippen molar-refractivity contribution in [1.82, 2.24) is 9.55 Å². The molecule has 0 bridgehead atoms. The fourth-order valence-electron chi connectivity index (χ4n) is 1.25. The summed E-state index contributed by atoms with van der Waals surface area (Å²) in [5.74, 6) is 0. The Morgan fingerprint density at radius 1 is 1.62 bits per heavy atom. The Labute approximate surface area is 91.8 Å². The van der Waals surface area contributed by atoms with E-state index in [0.717, 1.165) is 0 Å². The molecule has 16 heavy (non-hydrogen) atoms. The predicted molar refractivity (Wildman–Crippen MR) is 57.0 cm³/mol. The van der Waals surface area contributed by atoms with Crippen LogP contribution in [0.1, 0.15) is 25.3 Å². The second kappa shape index (κ2) is 5.28. The van der Waals surface area contributed by atoms with Crippen molar-refractivity contribution >= 4 is 0 Å². The highest BCUT2D eigenvalue weighted by molar-refractivity contribution is 5.21.